The molecule has 0 bridgehead atoms. The third-order valence-corrected chi connectivity index (χ3v) is 7.40. The zero-order valence-corrected chi connectivity index (χ0v) is 16.5. The molecule has 0 N–H and O–H groups in total. The normalized spacial score (nSPS) is 16.2. The molecular weight excluding hydrogens is 379 g/mol. The SMILES string of the molecule is Cc1cccc(C)c1N1CCN(S(=O)(=O)c2cccc(Cl)c2Cl)CC1. The van der Waals surface area contributed by atoms with E-state index >= 15 is 0 Å². The number of halogens is 2. The summed E-state index contributed by atoms with van der Waals surface area (Å²) in [5.74, 6) is 0. The third kappa shape index (κ3) is 3.51. The van der Waals surface area contributed by atoms with Crippen molar-refractivity contribution >= 4 is 38.9 Å². The fraction of sp³-hybridized carbons (Fsp3) is 0.333. The van der Waals surface area contributed by atoms with Gasteiger partial charge in [-0.1, -0.05) is 47.5 Å². The van der Waals surface area contributed by atoms with Gasteiger partial charge in [-0.2, -0.15) is 4.31 Å². The second-order valence-electron chi connectivity index (χ2n) is 6.18. The van der Waals surface area contributed by atoms with Gasteiger partial charge in [-0.25, -0.2) is 8.42 Å². The van der Waals surface area contributed by atoms with E-state index in [4.69, 9.17) is 23.2 Å². The number of aryl methyl sites for hydroxylation is 2. The zero-order valence-electron chi connectivity index (χ0n) is 14.2. The quantitative estimate of drug-likeness (QED) is 0.780. The first kappa shape index (κ1) is 18.5. The lowest BCUT2D eigenvalue weighted by atomic mass is 10.1. The van der Waals surface area contributed by atoms with Gasteiger partial charge in [-0.05, 0) is 37.1 Å². The Labute approximate surface area is 159 Å². The van der Waals surface area contributed by atoms with Crippen molar-refractivity contribution in [2.24, 2.45) is 0 Å². The summed E-state index contributed by atoms with van der Waals surface area (Å²) in [5, 5.41) is 0.332. The van der Waals surface area contributed by atoms with E-state index in [1.807, 2.05) is 6.07 Å². The molecule has 3 rings (SSSR count). The minimum Gasteiger partial charge on any atom is -0.368 e. The van der Waals surface area contributed by atoms with Crippen LogP contribution in [-0.2, 0) is 10.0 Å². The van der Waals surface area contributed by atoms with Gasteiger partial charge in [0.1, 0.15) is 4.90 Å². The average Bonchev–Trinajstić information content (AvgIpc) is 2.57. The van der Waals surface area contributed by atoms with Crippen LogP contribution in [0.1, 0.15) is 11.1 Å². The van der Waals surface area contributed by atoms with Crippen LogP contribution in [-0.4, -0.2) is 38.9 Å². The second-order valence-corrected chi connectivity index (χ2v) is 8.88. The lowest BCUT2D eigenvalue weighted by Gasteiger charge is -2.37. The van der Waals surface area contributed by atoms with E-state index < -0.39 is 10.0 Å². The van der Waals surface area contributed by atoms with Crippen molar-refractivity contribution in [3.8, 4) is 0 Å². The monoisotopic (exact) mass is 398 g/mol. The summed E-state index contributed by atoms with van der Waals surface area (Å²) >= 11 is 12.1. The number of hydrogen-bond donors (Lipinski definition) is 0. The highest BCUT2D eigenvalue weighted by Crippen LogP contribution is 2.32. The van der Waals surface area contributed by atoms with Crippen LogP contribution in [0.4, 0.5) is 5.69 Å². The minimum atomic E-state index is -3.65. The molecule has 134 valence electrons. The molecule has 2 aromatic rings. The van der Waals surface area contributed by atoms with E-state index in [1.54, 1.807) is 12.1 Å². The van der Waals surface area contributed by atoms with Crippen LogP contribution >= 0.6 is 23.2 Å². The van der Waals surface area contributed by atoms with Crippen molar-refractivity contribution in [2.45, 2.75) is 18.7 Å². The first-order valence-electron chi connectivity index (χ1n) is 8.07. The summed E-state index contributed by atoms with van der Waals surface area (Å²) in [6, 6.07) is 10.9. The van der Waals surface area contributed by atoms with Crippen LogP contribution in [0.15, 0.2) is 41.3 Å². The molecule has 1 aliphatic rings. The molecule has 0 aromatic heterocycles. The predicted molar refractivity (Wildman–Crippen MR) is 103 cm³/mol. The summed E-state index contributed by atoms with van der Waals surface area (Å²) < 4.78 is 27.3. The van der Waals surface area contributed by atoms with Crippen LogP contribution in [0, 0.1) is 13.8 Å². The van der Waals surface area contributed by atoms with Crippen LogP contribution in [0.3, 0.4) is 0 Å². The number of benzene rings is 2. The van der Waals surface area contributed by atoms with Gasteiger partial charge in [0.15, 0.2) is 0 Å². The van der Waals surface area contributed by atoms with Crippen molar-refractivity contribution in [3.63, 3.8) is 0 Å². The molecule has 1 heterocycles. The van der Waals surface area contributed by atoms with E-state index in [0.29, 0.717) is 26.2 Å². The molecule has 0 radical (unpaired) electrons. The van der Waals surface area contributed by atoms with Gasteiger partial charge in [-0.3, -0.25) is 0 Å². The molecule has 0 aliphatic carbocycles. The highest BCUT2D eigenvalue weighted by Gasteiger charge is 2.31. The molecule has 7 heteroatoms. The van der Waals surface area contributed by atoms with Crippen molar-refractivity contribution in [1.29, 1.82) is 0 Å². The maximum Gasteiger partial charge on any atom is 0.244 e. The molecule has 0 saturated carbocycles. The summed E-state index contributed by atoms with van der Waals surface area (Å²) in [4.78, 5) is 2.32. The predicted octanol–water partition coefficient (Wildman–Crippen LogP) is 4.12. The largest absolute Gasteiger partial charge is 0.368 e. The van der Waals surface area contributed by atoms with Crippen molar-refractivity contribution in [2.75, 3.05) is 31.1 Å². The topological polar surface area (TPSA) is 40.6 Å². The molecule has 0 atom stereocenters. The van der Waals surface area contributed by atoms with E-state index in [9.17, 15) is 8.42 Å². The van der Waals surface area contributed by atoms with Gasteiger partial charge >= 0.3 is 0 Å². The van der Waals surface area contributed by atoms with E-state index in [1.165, 1.54) is 27.2 Å². The first-order chi connectivity index (χ1) is 11.8. The van der Waals surface area contributed by atoms with Crippen LogP contribution in [0.5, 0.6) is 0 Å². The van der Waals surface area contributed by atoms with Gasteiger partial charge in [0, 0.05) is 31.9 Å². The average molecular weight is 399 g/mol. The number of hydrogen-bond acceptors (Lipinski definition) is 3. The van der Waals surface area contributed by atoms with Crippen molar-refractivity contribution < 1.29 is 8.42 Å². The fourth-order valence-electron chi connectivity index (χ4n) is 3.28. The third-order valence-electron chi connectivity index (χ3n) is 4.53. The molecule has 25 heavy (non-hydrogen) atoms. The Bertz CT molecular complexity index is 872. The Morgan fingerprint density at radius 2 is 1.44 bits per heavy atom. The molecule has 0 unspecified atom stereocenters. The number of para-hydroxylation sites is 1. The number of piperazine rings is 1. The van der Waals surface area contributed by atoms with Crippen molar-refractivity contribution in [1.82, 2.24) is 4.31 Å². The standard InChI is InChI=1S/C18H20Cl2N2O2S/c1-13-5-3-6-14(2)18(13)21-9-11-22(12-10-21)25(23,24)16-8-4-7-15(19)17(16)20/h3-8H,9-12H2,1-2H3. The maximum absolute atomic E-state index is 12.9. The second kappa shape index (κ2) is 7.16. The fourth-order valence-corrected chi connectivity index (χ4v) is 5.44. The Morgan fingerprint density at radius 1 is 0.880 bits per heavy atom. The number of rotatable bonds is 3. The summed E-state index contributed by atoms with van der Waals surface area (Å²) in [5.41, 5.74) is 3.60. The summed E-state index contributed by atoms with van der Waals surface area (Å²) in [6.07, 6.45) is 0. The summed E-state index contributed by atoms with van der Waals surface area (Å²) in [7, 11) is -3.65. The molecule has 0 spiro atoms. The van der Waals surface area contributed by atoms with Gasteiger partial charge in [0.05, 0.1) is 10.0 Å². The molecule has 0 amide bonds. The van der Waals surface area contributed by atoms with Crippen LogP contribution in [0.25, 0.3) is 0 Å². The molecule has 1 aliphatic heterocycles. The highest BCUT2D eigenvalue weighted by molar-refractivity contribution is 7.89. The van der Waals surface area contributed by atoms with E-state index in [-0.39, 0.29) is 14.9 Å². The molecule has 1 saturated heterocycles. The zero-order chi connectivity index (χ0) is 18.2. The van der Waals surface area contributed by atoms with E-state index in [2.05, 4.69) is 30.9 Å². The molecule has 4 nitrogen and oxygen atoms in total. The maximum atomic E-state index is 12.9. The van der Waals surface area contributed by atoms with Crippen LogP contribution in [0.2, 0.25) is 10.0 Å². The highest BCUT2D eigenvalue weighted by atomic mass is 35.5. The lowest BCUT2D eigenvalue weighted by molar-refractivity contribution is 0.384. The van der Waals surface area contributed by atoms with Crippen molar-refractivity contribution in [3.05, 3.63) is 57.6 Å². The van der Waals surface area contributed by atoms with E-state index in [0.717, 1.165) is 0 Å². The smallest absolute Gasteiger partial charge is 0.244 e. The molecule has 1 fully saturated rings. The first-order valence-corrected chi connectivity index (χ1v) is 10.3. The Hall–Kier alpha value is -1.27. The van der Waals surface area contributed by atoms with Gasteiger partial charge in [0.25, 0.3) is 0 Å². The van der Waals surface area contributed by atoms with Crippen LogP contribution < -0.4 is 4.90 Å². The van der Waals surface area contributed by atoms with Gasteiger partial charge < -0.3 is 4.90 Å². The number of anilines is 1. The number of sulfonamides is 1. The summed E-state index contributed by atoms with van der Waals surface area (Å²) in [6.45, 7) is 6.28. The molecule has 2 aromatic carbocycles. The van der Waals surface area contributed by atoms with Gasteiger partial charge in [-0.15, -0.1) is 0 Å². The Morgan fingerprint density at radius 3 is 2.04 bits per heavy atom. The molecular formula is C18H20Cl2N2O2S. The lowest BCUT2D eigenvalue weighted by Crippen LogP contribution is -2.49. The van der Waals surface area contributed by atoms with Gasteiger partial charge in [0.2, 0.25) is 10.0 Å². The Kier molecular flexibility index (Phi) is 5.30. The minimum absolute atomic E-state index is 0.0715. The number of nitrogens with zero attached hydrogens (tertiary/aromatic N) is 2. The Balaban J connectivity index is 1.81.